The summed E-state index contributed by atoms with van der Waals surface area (Å²) in [5, 5.41) is 3.27. The molecule has 0 unspecified atom stereocenters. The molecule has 4 rings (SSSR count). The Morgan fingerprint density at radius 3 is 2.37 bits per heavy atom. The van der Waals surface area contributed by atoms with Crippen molar-refractivity contribution in [2.75, 3.05) is 4.90 Å². The third-order valence-electron chi connectivity index (χ3n) is 4.32. The van der Waals surface area contributed by atoms with E-state index in [2.05, 4.69) is 5.32 Å². The van der Waals surface area contributed by atoms with E-state index in [0.29, 0.717) is 26.4 Å². The van der Waals surface area contributed by atoms with E-state index in [4.69, 9.17) is 39.2 Å². The minimum absolute atomic E-state index is 0.227. The average Bonchev–Trinajstić information content (AvgIpc) is 3.17. The number of halogens is 3. The van der Waals surface area contributed by atoms with Gasteiger partial charge in [0, 0.05) is 10.6 Å². The maximum atomic E-state index is 12.9. The Labute approximate surface area is 185 Å². The highest BCUT2D eigenvalue weighted by Crippen LogP contribution is 2.35. The van der Waals surface area contributed by atoms with Gasteiger partial charge in [-0.15, -0.1) is 0 Å². The normalized spacial score (nSPS) is 15.6. The minimum atomic E-state index is -0.852. The molecule has 2 heterocycles. The first kappa shape index (κ1) is 20.2. The Bertz CT molecular complexity index is 1220. The lowest BCUT2D eigenvalue weighted by Crippen LogP contribution is -2.54. The van der Waals surface area contributed by atoms with Gasteiger partial charge in [0.1, 0.15) is 17.1 Å². The van der Waals surface area contributed by atoms with Crippen LogP contribution in [0.3, 0.4) is 0 Å². The number of amides is 4. The van der Waals surface area contributed by atoms with Crippen LogP contribution >= 0.6 is 34.8 Å². The second-order valence-corrected chi connectivity index (χ2v) is 7.46. The summed E-state index contributed by atoms with van der Waals surface area (Å²) in [6.07, 6.45) is 1.26. The monoisotopic (exact) mass is 460 g/mol. The average molecular weight is 462 g/mol. The lowest BCUT2D eigenvalue weighted by Gasteiger charge is -2.26. The molecule has 2 aromatic carbocycles. The molecule has 150 valence electrons. The zero-order valence-corrected chi connectivity index (χ0v) is 17.3. The molecule has 1 saturated heterocycles. The van der Waals surface area contributed by atoms with Gasteiger partial charge in [0.2, 0.25) is 0 Å². The van der Waals surface area contributed by atoms with Gasteiger partial charge in [-0.05, 0) is 54.6 Å². The molecule has 0 bridgehead atoms. The standard InChI is InChI=1S/C21H11Cl3N2O4/c22-11-4-6-12(7-5-11)26-20(28)15(19(27)25-21(26)29)10-13-8-9-17(30-13)14-2-1-3-16(23)18(14)24/h1-10H,(H,25,27,29)/b15-10-. The summed E-state index contributed by atoms with van der Waals surface area (Å²) in [6, 6.07) is 13.5. The van der Waals surface area contributed by atoms with Gasteiger partial charge in [-0.1, -0.05) is 40.9 Å². The third-order valence-corrected chi connectivity index (χ3v) is 5.39. The number of benzene rings is 2. The van der Waals surface area contributed by atoms with Crippen LogP contribution in [0, 0.1) is 0 Å². The van der Waals surface area contributed by atoms with E-state index in [1.165, 1.54) is 30.3 Å². The van der Waals surface area contributed by atoms with E-state index in [1.54, 1.807) is 30.3 Å². The highest BCUT2D eigenvalue weighted by Gasteiger charge is 2.37. The van der Waals surface area contributed by atoms with Gasteiger partial charge in [-0.3, -0.25) is 14.9 Å². The SMILES string of the molecule is O=C1NC(=O)N(c2ccc(Cl)cc2)C(=O)/C1=C\c1ccc(-c2cccc(Cl)c2Cl)o1. The number of barbiturate groups is 1. The second-order valence-electron chi connectivity index (χ2n) is 6.24. The molecule has 1 N–H and O–H groups in total. The number of anilines is 1. The van der Waals surface area contributed by atoms with Gasteiger partial charge in [0.15, 0.2) is 0 Å². The van der Waals surface area contributed by atoms with E-state index < -0.39 is 17.8 Å². The quantitative estimate of drug-likeness (QED) is 0.408. The summed E-state index contributed by atoms with van der Waals surface area (Å²) in [5.74, 6) is -0.979. The fraction of sp³-hybridized carbons (Fsp3) is 0. The third kappa shape index (κ3) is 3.73. The van der Waals surface area contributed by atoms with Crippen LogP contribution in [0.2, 0.25) is 15.1 Å². The molecule has 9 heteroatoms. The summed E-state index contributed by atoms with van der Waals surface area (Å²) >= 11 is 18.1. The van der Waals surface area contributed by atoms with Crippen molar-refractivity contribution in [3.05, 3.63) is 81.0 Å². The molecule has 6 nitrogen and oxygen atoms in total. The second kappa shape index (κ2) is 7.99. The molecule has 0 atom stereocenters. The Balaban J connectivity index is 1.69. The Morgan fingerprint density at radius 2 is 1.63 bits per heavy atom. The molecule has 3 aromatic rings. The van der Waals surface area contributed by atoms with E-state index >= 15 is 0 Å². The van der Waals surface area contributed by atoms with Crippen LogP contribution in [-0.2, 0) is 9.59 Å². The number of nitrogens with one attached hydrogen (secondary N) is 1. The van der Waals surface area contributed by atoms with Gasteiger partial charge in [0.05, 0.1) is 15.7 Å². The van der Waals surface area contributed by atoms with Gasteiger partial charge in [-0.25, -0.2) is 9.69 Å². The van der Waals surface area contributed by atoms with Crippen molar-refractivity contribution in [2.45, 2.75) is 0 Å². The van der Waals surface area contributed by atoms with Gasteiger partial charge in [0.25, 0.3) is 11.8 Å². The van der Waals surface area contributed by atoms with Crippen molar-refractivity contribution in [3.8, 4) is 11.3 Å². The van der Waals surface area contributed by atoms with Gasteiger partial charge >= 0.3 is 6.03 Å². The number of hydrogen-bond acceptors (Lipinski definition) is 4. The van der Waals surface area contributed by atoms with E-state index in [0.717, 1.165) is 4.90 Å². The molecule has 1 aliphatic heterocycles. The van der Waals surface area contributed by atoms with Crippen LogP contribution in [0.25, 0.3) is 17.4 Å². The van der Waals surface area contributed by atoms with E-state index in [1.807, 2.05) is 0 Å². The predicted molar refractivity (Wildman–Crippen MR) is 115 cm³/mol. The van der Waals surface area contributed by atoms with E-state index in [9.17, 15) is 14.4 Å². The first-order valence-corrected chi connectivity index (χ1v) is 9.70. The fourth-order valence-electron chi connectivity index (χ4n) is 2.89. The Hall–Kier alpha value is -3.06. The molecule has 0 aliphatic carbocycles. The number of carbonyl (C=O) groups is 3. The Morgan fingerprint density at radius 1 is 0.900 bits per heavy atom. The summed E-state index contributed by atoms with van der Waals surface area (Å²) < 4.78 is 5.72. The maximum Gasteiger partial charge on any atom is 0.335 e. The minimum Gasteiger partial charge on any atom is -0.457 e. The van der Waals surface area contributed by atoms with Crippen LogP contribution in [0.1, 0.15) is 5.76 Å². The summed E-state index contributed by atoms with van der Waals surface area (Å²) in [4.78, 5) is 38.2. The largest absolute Gasteiger partial charge is 0.457 e. The van der Waals surface area contributed by atoms with Crippen LogP contribution < -0.4 is 10.2 Å². The number of furan rings is 1. The van der Waals surface area contributed by atoms with Crippen LogP contribution in [-0.4, -0.2) is 17.8 Å². The summed E-state index contributed by atoms with van der Waals surface area (Å²) in [6.45, 7) is 0. The molecule has 0 spiro atoms. The molecule has 0 saturated carbocycles. The van der Waals surface area contributed by atoms with Crippen LogP contribution in [0.15, 0.2) is 64.6 Å². The predicted octanol–water partition coefficient (Wildman–Crippen LogP) is 5.57. The summed E-state index contributed by atoms with van der Waals surface area (Å²) in [5.41, 5.74) is 0.569. The maximum absolute atomic E-state index is 12.9. The number of nitrogens with zero attached hydrogens (tertiary/aromatic N) is 1. The first-order chi connectivity index (χ1) is 14.3. The van der Waals surface area contributed by atoms with Crippen LogP contribution in [0.5, 0.6) is 0 Å². The molecule has 30 heavy (non-hydrogen) atoms. The van der Waals surface area contributed by atoms with Crippen molar-refractivity contribution in [1.29, 1.82) is 0 Å². The molecular weight excluding hydrogens is 451 g/mol. The smallest absolute Gasteiger partial charge is 0.335 e. The zero-order valence-electron chi connectivity index (χ0n) is 15.0. The molecular formula is C21H11Cl3N2O4. The number of hydrogen-bond donors (Lipinski definition) is 1. The number of imide groups is 2. The number of rotatable bonds is 3. The number of urea groups is 1. The number of carbonyl (C=O) groups excluding carboxylic acids is 3. The molecule has 0 radical (unpaired) electrons. The highest BCUT2D eigenvalue weighted by atomic mass is 35.5. The van der Waals surface area contributed by atoms with Crippen molar-refractivity contribution < 1.29 is 18.8 Å². The zero-order chi connectivity index (χ0) is 21.4. The van der Waals surface area contributed by atoms with E-state index in [-0.39, 0.29) is 17.0 Å². The van der Waals surface area contributed by atoms with Crippen LogP contribution in [0.4, 0.5) is 10.5 Å². The first-order valence-electron chi connectivity index (χ1n) is 8.56. The summed E-state index contributed by atoms with van der Waals surface area (Å²) in [7, 11) is 0. The highest BCUT2D eigenvalue weighted by molar-refractivity contribution is 6.43. The molecule has 1 aromatic heterocycles. The fourth-order valence-corrected chi connectivity index (χ4v) is 3.41. The van der Waals surface area contributed by atoms with Crippen molar-refractivity contribution in [2.24, 2.45) is 0 Å². The topological polar surface area (TPSA) is 79.6 Å². The molecule has 1 aliphatic rings. The Kier molecular flexibility index (Phi) is 5.39. The van der Waals surface area contributed by atoms with Crippen molar-refractivity contribution >= 4 is 64.4 Å². The van der Waals surface area contributed by atoms with Gasteiger partial charge in [-0.2, -0.15) is 0 Å². The molecule has 1 fully saturated rings. The van der Waals surface area contributed by atoms with Crippen molar-refractivity contribution in [1.82, 2.24) is 5.32 Å². The van der Waals surface area contributed by atoms with Gasteiger partial charge < -0.3 is 4.42 Å². The molecule has 4 amide bonds. The lowest BCUT2D eigenvalue weighted by molar-refractivity contribution is -0.122. The lowest BCUT2D eigenvalue weighted by atomic mass is 10.1. The van der Waals surface area contributed by atoms with Crippen molar-refractivity contribution in [3.63, 3.8) is 0 Å².